The van der Waals surface area contributed by atoms with Gasteiger partial charge in [-0.05, 0) is 25.3 Å². The maximum Gasteiger partial charge on any atom is 0.225 e. The van der Waals surface area contributed by atoms with E-state index < -0.39 is 0 Å². The summed E-state index contributed by atoms with van der Waals surface area (Å²) < 4.78 is 0. The van der Waals surface area contributed by atoms with Gasteiger partial charge in [-0.1, -0.05) is 15.9 Å². The Kier molecular flexibility index (Phi) is 3.01. The van der Waals surface area contributed by atoms with Crippen molar-refractivity contribution < 1.29 is 0 Å². The van der Waals surface area contributed by atoms with Crippen molar-refractivity contribution in [2.24, 2.45) is 0 Å². The fourth-order valence-corrected chi connectivity index (χ4v) is 2.09. The third-order valence-electron chi connectivity index (χ3n) is 2.66. The summed E-state index contributed by atoms with van der Waals surface area (Å²) in [5, 5.41) is 0.822. The number of halogens is 1. The summed E-state index contributed by atoms with van der Waals surface area (Å²) in [6.45, 7) is 3.32. The molecule has 0 saturated carbocycles. The second-order valence-electron chi connectivity index (χ2n) is 3.71. The molecule has 1 aromatic rings. The third kappa shape index (κ3) is 1.90. The lowest BCUT2D eigenvalue weighted by Gasteiger charge is -2.20. The van der Waals surface area contributed by atoms with E-state index in [9.17, 15) is 0 Å². The number of rotatable bonds is 2. The van der Waals surface area contributed by atoms with Gasteiger partial charge in [-0.15, -0.1) is 0 Å². The molecule has 1 aliphatic rings. The molecular formula is C10H14BrN3. The van der Waals surface area contributed by atoms with Crippen LogP contribution in [0.25, 0.3) is 0 Å². The molecule has 1 unspecified atom stereocenters. The first-order chi connectivity index (χ1) is 6.81. The molecule has 2 heterocycles. The lowest BCUT2D eigenvalue weighted by Crippen LogP contribution is -2.28. The van der Waals surface area contributed by atoms with Crippen LogP contribution in [0.3, 0.4) is 0 Å². The van der Waals surface area contributed by atoms with Crippen LogP contribution >= 0.6 is 15.9 Å². The van der Waals surface area contributed by atoms with Crippen LogP contribution in [0.2, 0.25) is 0 Å². The number of aromatic nitrogens is 2. The van der Waals surface area contributed by atoms with Crippen LogP contribution in [0.4, 0.5) is 5.95 Å². The molecule has 1 aliphatic heterocycles. The largest absolute Gasteiger partial charge is 0.338 e. The Hall–Kier alpha value is -0.640. The summed E-state index contributed by atoms with van der Waals surface area (Å²) in [5.41, 5.74) is 1.13. The van der Waals surface area contributed by atoms with Gasteiger partial charge in [-0.3, -0.25) is 0 Å². The molecule has 76 valence electrons. The third-order valence-corrected chi connectivity index (χ3v) is 3.30. The van der Waals surface area contributed by atoms with E-state index in [1.54, 1.807) is 0 Å². The summed E-state index contributed by atoms with van der Waals surface area (Å²) >= 11 is 3.38. The van der Waals surface area contributed by atoms with Crippen LogP contribution in [0.5, 0.6) is 0 Å². The van der Waals surface area contributed by atoms with Crippen molar-refractivity contribution in [1.82, 2.24) is 9.97 Å². The Morgan fingerprint density at radius 3 is 2.71 bits per heavy atom. The zero-order valence-electron chi connectivity index (χ0n) is 8.28. The van der Waals surface area contributed by atoms with Crippen LogP contribution in [0.15, 0.2) is 12.4 Å². The molecule has 3 nitrogen and oxygen atoms in total. The molecule has 0 N–H and O–H groups in total. The van der Waals surface area contributed by atoms with E-state index in [-0.39, 0.29) is 0 Å². The number of hydrogen-bond donors (Lipinski definition) is 0. The van der Waals surface area contributed by atoms with Crippen LogP contribution in [0.1, 0.15) is 25.3 Å². The summed E-state index contributed by atoms with van der Waals surface area (Å²) in [7, 11) is 0. The van der Waals surface area contributed by atoms with Gasteiger partial charge in [0.25, 0.3) is 0 Å². The van der Waals surface area contributed by atoms with Crippen LogP contribution in [-0.2, 0) is 5.33 Å². The van der Waals surface area contributed by atoms with Gasteiger partial charge in [0, 0.05) is 30.3 Å². The zero-order chi connectivity index (χ0) is 9.97. The first kappa shape index (κ1) is 9.90. The van der Waals surface area contributed by atoms with Crippen molar-refractivity contribution >= 4 is 21.9 Å². The summed E-state index contributed by atoms with van der Waals surface area (Å²) in [6, 6.07) is 0.588. The molecule has 1 saturated heterocycles. The topological polar surface area (TPSA) is 29.0 Å². The molecular weight excluding hydrogens is 242 g/mol. The van der Waals surface area contributed by atoms with Gasteiger partial charge in [0.2, 0.25) is 5.95 Å². The van der Waals surface area contributed by atoms with Crippen molar-refractivity contribution in [2.45, 2.75) is 31.1 Å². The van der Waals surface area contributed by atoms with Crippen molar-refractivity contribution in [3.63, 3.8) is 0 Å². The van der Waals surface area contributed by atoms with E-state index in [4.69, 9.17) is 0 Å². The zero-order valence-corrected chi connectivity index (χ0v) is 9.87. The van der Waals surface area contributed by atoms with Gasteiger partial charge in [-0.2, -0.15) is 0 Å². The van der Waals surface area contributed by atoms with E-state index in [2.05, 4.69) is 37.7 Å². The van der Waals surface area contributed by atoms with E-state index >= 15 is 0 Å². The molecule has 0 bridgehead atoms. The molecule has 0 spiro atoms. The molecule has 0 aliphatic carbocycles. The van der Waals surface area contributed by atoms with Gasteiger partial charge in [-0.25, -0.2) is 9.97 Å². The van der Waals surface area contributed by atoms with Crippen molar-refractivity contribution in [3.05, 3.63) is 18.0 Å². The Morgan fingerprint density at radius 1 is 1.50 bits per heavy atom. The minimum atomic E-state index is 0.588. The first-order valence-electron chi connectivity index (χ1n) is 4.95. The maximum atomic E-state index is 4.37. The maximum absolute atomic E-state index is 4.37. The summed E-state index contributed by atoms with van der Waals surface area (Å²) in [5.74, 6) is 0.875. The predicted octanol–water partition coefficient (Wildman–Crippen LogP) is 2.36. The van der Waals surface area contributed by atoms with E-state index in [1.807, 2.05) is 12.4 Å². The smallest absolute Gasteiger partial charge is 0.225 e. The van der Waals surface area contributed by atoms with Gasteiger partial charge in [0.05, 0.1) is 0 Å². The highest BCUT2D eigenvalue weighted by molar-refractivity contribution is 9.08. The molecule has 4 heteroatoms. The standard InChI is InChI=1S/C10H14BrN3/c1-8-3-2-4-14(8)10-12-6-9(5-11)7-13-10/h6-8H,2-5H2,1H3. The quantitative estimate of drug-likeness (QED) is 0.760. The Bertz CT molecular complexity index is 299. The van der Waals surface area contributed by atoms with Crippen molar-refractivity contribution in [3.8, 4) is 0 Å². The molecule has 14 heavy (non-hydrogen) atoms. The summed E-state index contributed by atoms with van der Waals surface area (Å²) in [6.07, 6.45) is 6.29. The van der Waals surface area contributed by atoms with Crippen molar-refractivity contribution in [1.29, 1.82) is 0 Å². The predicted molar refractivity (Wildman–Crippen MR) is 60.7 cm³/mol. The fourth-order valence-electron chi connectivity index (χ4n) is 1.80. The normalized spacial score (nSPS) is 21.6. The molecule has 0 radical (unpaired) electrons. The van der Waals surface area contributed by atoms with Gasteiger partial charge < -0.3 is 4.90 Å². The number of anilines is 1. The van der Waals surface area contributed by atoms with Crippen LogP contribution < -0.4 is 4.90 Å². The minimum Gasteiger partial charge on any atom is -0.338 e. The lowest BCUT2D eigenvalue weighted by molar-refractivity contribution is 0.716. The van der Waals surface area contributed by atoms with Gasteiger partial charge in [0.1, 0.15) is 0 Å². The highest BCUT2D eigenvalue weighted by atomic mass is 79.9. The average Bonchev–Trinajstić information content (AvgIpc) is 2.65. The average molecular weight is 256 g/mol. The Labute approximate surface area is 92.7 Å². The Morgan fingerprint density at radius 2 is 2.21 bits per heavy atom. The van der Waals surface area contributed by atoms with Crippen LogP contribution in [-0.4, -0.2) is 22.6 Å². The van der Waals surface area contributed by atoms with Crippen LogP contribution in [0, 0.1) is 0 Å². The molecule has 1 aromatic heterocycles. The Balaban J connectivity index is 2.16. The number of hydrogen-bond acceptors (Lipinski definition) is 3. The highest BCUT2D eigenvalue weighted by Gasteiger charge is 2.22. The first-order valence-corrected chi connectivity index (χ1v) is 6.07. The minimum absolute atomic E-state index is 0.588. The van der Waals surface area contributed by atoms with Crippen molar-refractivity contribution in [2.75, 3.05) is 11.4 Å². The van der Waals surface area contributed by atoms with E-state index in [1.165, 1.54) is 12.8 Å². The van der Waals surface area contributed by atoms with Gasteiger partial charge >= 0.3 is 0 Å². The monoisotopic (exact) mass is 255 g/mol. The molecule has 0 amide bonds. The van der Waals surface area contributed by atoms with E-state index in [0.717, 1.165) is 23.4 Å². The molecule has 1 fully saturated rings. The molecule has 2 rings (SSSR count). The van der Waals surface area contributed by atoms with E-state index in [0.29, 0.717) is 6.04 Å². The fraction of sp³-hybridized carbons (Fsp3) is 0.600. The number of nitrogens with zero attached hydrogens (tertiary/aromatic N) is 3. The second kappa shape index (κ2) is 4.26. The summed E-state index contributed by atoms with van der Waals surface area (Å²) in [4.78, 5) is 11.0. The lowest BCUT2D eigenvalue weighted by atomic mass is 10.2. The highest BCUT2D eigenvalue weighted by Crippen LogP contribution is 2.21. The molecule has 1 atom stereocenters. The second-order valence-corrected chi connectivity index (χ2v) is 4.27. The molecule has 0 aromatic carbocycles. The SMILES string of the molecule is CC1CCCN1c1ncc(CBr)cn1. The van der Waals surface area contributed by atoms with Gasteiger partial charge in [0.15, 0.2) is 0 Å². The number of alkyl halides is 1.